The molecule has 1 aromatic heterocycles. The van der Waals surface area contributed by atoms with Gasteiger partial charge < -0.3 is 5.32 Å². The lowest BCUT2D eigenvalue weighted by atomic mass is 9.94. The predicted molar refractivity (Wildman–Crippen MR) is 150 cm³/mol. The van der Waals surface area contributed by atoms with Crippen molar-refractivity contribution in [1.82, 2.24) is 15.0 Å². The average molecular weight is 542 g/mol. The van der Waals surface area contributed by atoms with Gasteiger partial charge in [-0.25, -0.2) is 17.9 Å². The van der Waals surface area contributed by atoms with Gasteiger partial charge in [0.1, 0.15) is 4.90 Å². The number of amides is 2. The van der Waals surface area contributed by atoms with E-state index in [1.54, 1.807) is 18.3 Å². The topological polar surface area (TPSA) is 88.2 Å². The first-order chi connectivity index (χ1) is 18.4. The van der Waals surface area contributed by atoms with Crippen LogP contribution in [0.15, 0.2) is 120 Å². The van der Waals surface area contributed by atoms with E-state index in [4.69, 9.17) is 11.6 Å². The van der Waals surface area contributed by atoms with Crippen molar-refractivity contribution in [3.05, 3.63) is 132 Å². The predicted octanol–water partition coefficient (Wildman–Crippen LogP) is 6.53. The molecule has 5 rings (SSSR count). The van der Waals surface area contributed by atoms with E-state index < -0.39 is 22.1 Å². The molecule has 0 saturated heterocycles. The molecule has 190 valence electrons. The largest absolute Gasteiger partial charge is 0.329 e. The Labute approximate surface area is 226 Å². The molecule has 2 N–H and O–H groups in total. The maximum atomic E-state index is 13.1. The van der Waals surface area contributed by atoms with Gasteiger partial charge in [0.2, 0.25) is 0 Å². The van der Waals surface area contributed by atoms with Crippen LogP contribution in [-0.2, 0) is 16.4 Å². The van der Waals surface area contributed by atoms with E-state index in [1.807, 2.05) is 78.9 Å². The number of aromatic nitrogens is 1. The molecule has 5 aromatic rings. The van der Waals surface area contributed by atoms with Gasteiger partial charge in [-0.1, -0.05) is 96.5 Å². The molecule has 4 aromatic carbocycles. The van der Waals surface area contributed by atoms with Gasteiger partial charge in [0.05, 0.1) is 16.8 Å². The number of rotatable bonds is 7. The number of nitrogens with zero attached hydrogens (tertiary/aromatic N) is 1. The Morgan fingerprint density at radius 1 is 0.816 bits per heavy atom. The Hall–Kier alpha value is -4.20. The van der Waals surface area contributed by atoms with Gasteiger partial charge in [-0.3, -0.25) is 4.98 Å². The fourth-order valence-electron chi connectivity index (χ4n) is 4.39. The molecule has 1 heterocycles. The number of halogens is 1. The van der Waals surface area contributed by atoms with Crippen molar-refractivity contribution in [1.29, 1.82) is 0 Å². The molecule has 1 atom stereocenters. The third-order valence-electron chi connectivity index (χ3n) is 6.17. The summed E-state index contributed by atoms with van der Waals surface area (Å²) in [6, 6.07) is 32.1. The third kappa shape index (κ3) is 5.69. The third-order valence-corrected chi connectivity index (χ3v) is 8.00. The number of hydrogen-bond donors (Lipinski definition) is 2. The monoisotopic (exact) mass is 541 g/mol. The van der Waals surface area contributed by atoms with E-state index in [9.17, 15) is 13.2 Å². The summed E-state index contributed by atoms with van der Waals surface area (Å²) >= 11 is 6.07. The molecule has 0 unspecified atom stereocenters. The van der Waals surface area contributed by atoms with Crippen LogP contribution in [0.5, 0.6) is 0 Å². The summed E-state index contributed by atoms with van der Waals surface area (Å²) in [4.78, 5) is 17.5. The second-order valence-corrected chi connectivity index (χ2v) is 10.8. The Balaban J connectivity index is 1.50. The fraction of sp³-hybridized carbons (Fsp3) is 0.0667. The van der Waals surface area contributed by atoms with Crippen LogP contribution in [0.3, 0.4) is 0 Å². The zero-order valence-electron chi connectivity index (χ0n) is 20.2. The summed E-state index contributed by atoms with van der Waals surface area (Å²) < 4.78 is 27.9. The first-order valence-electron chi connectivity index (χ1n) is 12.0. The number of carbonyl (C=O) groups excluding carboxylic acids is 1. The van der Waals surface area contributed by atoms with Crippen LogP contribution in [0, 0.1) is 0 Å². The molecule has 8 heteroatoms. The van der Waals surface area contributed by atoms with Crippen LogP contribution in [-0.4, -0.2) is 19.4 Å². The van der Waals surface area contributed by atoms with Gasteiger partial charge in [-0.2, -0.15) is 0 Å². The molecule has 0 saturated carbocycles. The summed E-state index contributed by atoms with van der Waals surface area (Å²) in [5.41, 5.74) is 3.36. The Morgan fingerprint density at radius 2 is 1.53 bits per heavy atom. The molecule has 0 fully saturated rings. The average Bonchev–Trinajstić information content (AvgIpc) is 2.93. The first kappa shape index (κ1) is 25.4. The molecule has 0 spiro atoms. The van der Waals surface area contributed by atoms with Crippen molar-refractivity contribution in [3.8, 4) is 11.1 Å². The maximum absolute atomic E-state index is 13.1. The summed E-state index contributed by atoms with van der Waals surface area (Å²) in [7, 11) is -4.19. The van der Waals surface area contributed by atoms with Crippen molar-refractivity contribution in [2.45, 2.75) is 17.4 Å². The molecular formula is C30H24ClN3O3S. The summed E-state index contributed by atoms with van der Waals surface area (Å²) in [5.74, 6) is 0. The van der Waals surface area contributed by atoms with E-state index in [0.717, 1.165) is 27.5 Å². The van der Waals surface area contributed by atoms with Crippen molar-refractivity contribution in [3.63, 3.8) is 0 Å². The van der Waals surface area contributed by atoms with Crippen molar-refractivity contribution >= 4 is 38.4 Å². The normalized spacial score (nSPS) is 12.1. The lowest BCUT2D eigenvalue weighted by molar-refractivity contribution is 0.242. The van der Waals surface area contributed by atoms with Crippen LogP contribution in [0.4, 0.5) is 4.79 Å². The van der Waals surface area contributed by atoms with Crippen LogP contribution in [0.1, 0.15) is 17.3 Å². The van der Waals surface area contributed by atoms with Gasteiger partial charge in [-0.05, 0) is 52.6 Å². The van der Waals surface area contributed by atoms with Crippen LogP contribution >= 0.6 is 11.6 Å². The van der Waals surface area contributed by atoms with Crippen molar-refractivity contribution < 1.29 is 13.2 Å². The summed E-state index contributed by atoms with van der Waals surface area (Å²) in [6.07, 6.45) is 2.07. The first-order valence-corrected chi connectivity index (χ1v) is 13.8. The standard InChI is InChI=1S/C30H24ClN3O3S/c31-26-14-6-7-15-28(26)38(36,37)34-30(35)33-27(19-21-9-2-1-3-10-21)29-25(13-8-18-32-29)24-17-16-22-11-4-5-12-23(22)20-24/h1-18,20,27H,19H2,(H2,33,34,35)/t27-/m1/s1. The van der Waals surface area contributed by atoms with E-state index in [0.29, 0.717) is 12.1 Å². The Morgan fingerprint density at radius 3 is 2.32 bits per heavy atom. The van der Waals surface area contributed by atoms with Gasteiger partial charge in [-0.15, -0.1) is 0 Å². The van der Waals surface area contributed by atoms with Gasteiger partial charge in [0.25, 0.3) is 10.0 Å². The number of nitrogens with one attached hydrogen (secondary N) is 2. The molecule has 0 aliphatic rings. The highest BCUT2D eigenvalue weighted by atomic mass is 35.5. The zero-order valence-corrected chi connectivity index (χ0v) is 21.8. The minimum atomic E-state index is -4.19. The second kappa shape index (κ2) is 11.0. The minimum absolute atomic E-state index is 0.0250. The Bertz CT molecular complexity index is 1710. The highest BCUT2D eigenvalue weighted by Crippen LogP contribution is 2.31. The zero-order chi connectivity index (χ0) is 26.5. The number of hydrogen-bond acceptors (Lipinski definition) is 4. The van der Waals surface area contributed by atoms with E-state index in [1.165, 1.54) is 12.1 Å². The van der Waals surface area contributed by atoms with Gasteiger partial charge in [0.15, 0.2) is 0 Å². The van der Waals surface area contributed by atoms with Crippen molar-refractivity contribution in [2.75, 3.05) is 0 Å². The number of sulfonamides is 1. The van der Waals surface area contributed by atoms with Crippen LogP contribution < -0.4 is 10.0 Å². The van der Waals surface area contributed by atoms with Gasteiger partial charge >= 0.3 is 6.03 Å². The Kier molecular flexibility index (Phi) is 7.40. The molecular weight excluding hydrogens is 518 g/mol. The quantitative estimate of drug-likeness (QED) is 0.245. The number of urea groups is 1. The summed E-state index contributed by atoms with van der Waals surface area (Å²) in [6.45, 7) is 0. The number of pyridine rings is 1. The van der Waals surface area contributed by atoms with E-state index >= 15 is 0 Å². The molecule has 0 aliphatic carbocycles. The molecule has 2 amide bonds. The van der Waals surface area contributed by atoms with Crippen LogP contribution in [0.25, 0.3) is 21.9 Å². The summed E-state index contributed by atoms with van der Waals surface area (Å²) in [5, 5.41) is 5.06. The van der Waals surface area contributed by atoms with E-state index in [-0.39, 0.29) is 9.92 Å². The smallest absolute Gasteiger partial charge is 0.329 e. The highest BCUT2D eigenvalue weighted by molar-refractivity contribution is 7.90. The molecule has 6 nitrogen and oxygen atoms in total. The lowest BCUT2D eigenvalue weighted by Crippen LogP contribution is -2.42. The minimum Gasteiger partial charge on any atom is -0.329 e. The molecule has 0 bridgehead atoms. The fourth-order valence-corrected chi connectivity index (χ4v) is 5.83. The lowest BCUT2D eigenvalue weighted by Gasteiger charge is -2.22. The molecule has 38 heavy (non-hydrogen) atoms. The number of benzene rings is 4. The SMILES string of the molecule is O=C(N[C@H](Cc1ccccc1)c1ncccc1-c1ccc2ccccc2c1)NS(=O)(=O)c1ccccc1Cl. The molecule has 0 aliphatic heterocycles. The van der Waals surface area contributed by atoms with Crippen molar-refractivity contribution in [2.24, 2.45) is 0 Å². The number of fused-ring (bicyclic) bond motifs is 1. The maximum Gasteiger partial charge on any atom is 0.329 e. The second-order valence-electron chi connectivity index (χ2n) is 8.75. The number of carbonyl (C=O) groups is 1. The molecule has 0 radical (unpaired) electrons. The highest BCUT2D eigenvalue weighted by Gasteiger charge is 2.25. The van der Waals surface area contributed by atoms with E-state index in [2.05, 4.69) is 21.1 Å². The van der Waals surface area contributed by atoms with Gasteiger partial charge in [0, 0.05) is 11.8 Å². The van der Waals surface area contributed by atoms with Crippen LogP contribution in [0.2, 0.25) is 5.02 Å².